The van der Waals surface area contributed by atoms with E-state index in [0.29, 0.717) is 45.4 Å². The first kappa shape index (κ1) is 24.3. The first-order valence-corrected chi connectivity index (χ1v) is 11.1. The van der Waals surface area contributed by atoms with Crippen LogP contribution in [0, 0.1) is 17.0 Å². The van der Waals surface area contributed by atoms with Crippen molar-refractivity contribution < 1.29 is 31.5 Å². The molecule has 2 saturated heterocycles. The molecule has 2 aliphatic heterocycles. The number of amides is 3. The van der Waals surface area contributed by atoms with Crippen LogP contribution in [0.15, 0.2) is 41.3 Å². The molecule has 0 atom stereocenters. The fraction of sp³-hybridized carbons (Fsp3) is 0.391. The van der Waals surface area contributed by atoms with Crippen molar-refractivity contribution in [3.05, 3.63) is 59.2 Å². The summed E-state index contributed by atoms with van der Waals surface area (Å²) in [6.07, 6.45) is -2.68. The summed E-state index contributed by atoms with van der Waals surface area (Å²) in [5, 5.41) is 2.61. The van der Waals surface area contributed by atoms with E-state index in [-0.39, 0.29) is 16.0 Å². The van der Waals surface area contributed by atoms with Gasteiger partial charge in [0.2, 0.25) is 0 Å². The third kappa shape index (κ3) is 4.84. The maximum atomic E-state index is 14.0. The van der Waals surface area contributed by atoms with Gasteiger partial charge in [-0.15, -0.1) is 12.6 Å². The van der Waals surface area contributed by atoms with Crippen LogP contribution in [0.4, 0.5) is 32.4 Å². The number of benzene rings is 2. The molecule has 0 aliphatic carbocycles. The second kappa shape index (κ2) is 9.09. The summed E-state index contributed by atoms with van der Waals surface area (Å²) in [7, 11) is 0. The van der Waals surface area contributed by atoms with Gasteiger partial charge < -0.3 is 15.1 Å². The number of nitrogens with zero attached hydrogens (tertiary/aromatic N) is 2. The van der Waals surface area contributed by atoms with Gasteiger partial charge in [-0.05, 0) is 55.0 Å². The van der Waals surface area contributed by atoms with Crippen LogP contribution in [0.3, 0.4) is 0 Å². The highest BCUT2D eigenvalue weighted by atomic mass is 32.1. The van der Waals surface area contributed by atoms with E-state index in [1.54, 1.807) is 4.90 Å². The van der Waals surface area contributed by atoms with E-state index in [1.807, 2.05) is 0 Å². The molecule has 182 valence electrons. The predicted molar refractivity (Wildman–Crippen MR) is 118 cm³/mol. The van der Waals surface area contributed by atoms with Gasteiger partial charge in [0.15, 0.2) is 0 Å². The average Bonchev–Trinajstić information content (AvgIpc) is 3.18. The summed E-state index contributed by atoms with van der Waals surface area (Å²) in [6, 6.07) is 5.75. The maximum Gasteiger partial charge on any atom is 0.416 e. The molecule has 5 nitrogen and oxygen atoms in total. The molecular formula is C23H22F5N3O2S. The number of anilines is 1. The van der Waals surface area contributed by atoms with Gasteiger partial charge in [-0.3, -0.25) is 4.79 Å². The fourth-order valence-electron chi connectivity index (χ4n) is 4.57. The van der Waals surface area contributed by atoms with E-state index < -0.39 is 40.9 Å². The van der Waals surface area contributed by atoms with E-state index in [9.17, 15) is 31.5 Å². The molecule has 0 aromatic heterocycles. The number of likely N-dealkylation sites (tertiary alicyclic amines) is 2. The summed E-state index contributed by atoms with van der Waals surface area (Å²) in [6.45, 7) is 1.48. The molecule has 0 unspecified atom stereocenters. The summed E-state index contributed by atoms with van der Waals surface area (Å²) in [4.78, 5) is 28.4. The molecule has 1 N–H and O–H groups in total. The van der Waals surface area contributed by atoms with E-state index in [0.717, 1.165) is 24.3 Å². The number of nitrogens with one attached hydrogen (secondary N) is 1. The Labute approximate surface area is 198 Å². The Morgan fingerprint density at radius 2 is 1.53 bits per heavy atom. The lowest BCUT2D eigenvalue weighted by Crippen LogP contribution is -2.45. The lowest BCUT2D eigenvalue weighted by atomic mass is 9.77. The Kier molecular flexibility index (Phi) is 6.50. The molecule has 2 fully saturated rings. The maximum absolute atomic E-state index is 14.0. The van der Waals surface area contributed by atoms with Crippen molar-refractivity contribution in [3.8, 4) is 0 Å². The van der Waals surface area contributed by atoms with Crippen LogP contribution in [0.2, 0.25) is 0 Å². The summed E-state index contributed by atoms with van der Waals surface area (Å²) < 4.78 is 66.5. The van der Waals surface area contributed by atoms with E-state index in [1.165, 1.54) is 17.0 Å². The quantitative estimate of drug-likeness (QED) is 0.428. The predicted octanol–water partition coefficient (Wildman–Crippen LogP) is 5.43. The van der Waals surface area contributed by atoms with Gasteiger partial charge in [0.05, 0.1) is 11.3 Å². The molecule has 11 heteroatoms. The number of urea groups is 1. The molecule has 2 aromatic rings. The number of hydrogen-bond donors (Lipinski definition) is 2. The van der Waals surface area contributed by atoms with Gasteiger partial charge in [-0.1, -0.05) is 6.07 Å². The van der Waals surface area contributed by atoms with Gasteiger partial charge in [-0.25, -0.2) is 13.6 Å². The zero-order chi connectivity index (χ0) is 24.7. The van der Waals surface area contributed by atoms with Gasteiger partial charge in [0, 0.05) is 31.1 Å². The number of carbonyl (C=O) groups excluding carboxylic acids is 2. The molecule has 2 heterocycles. The summed E-state index contributed by atoms with van der Waals surface area (Å²) in [5.74, 6) is -2.50. The van der Waals surface area contributed by atoms with Crippen LogP contribution >= 0.6 is 12.6 Å². The Hall–Kier alpha value is -2.82. The number of carbonyl (C=O) groups is 2. The van der Waals surface area contributed by atoms with Crippen LogP contribution in [-0.2, 0) is 6.18 Å². The molecule has 3 amide bonds. The lowest BCUT2D eigenvalue weighted by Gasteiger charge is -2.39. The zero-order valence-electron chi connectivity index (χ0n) is 18.0. The highest BCUT2D eigenvalue weighted by molar-refractivity contribution is 7.80. The van der Waals surface area contributed by atoms with Crippen LogP contribution in [0.5, 0.6) is 0 Å². The highest BCUT2D eigenvalue weighted by Crippen LogP contribution is 2.41. The Bertz CT molecular complexity index is 1100. The zero-order valence-corrected chi connectivity index (χ0v) is 18.9. The van der Waals surface area contributed by atoms with Crippen molar-refractivity contribution in [1.29, 1.82) is 0 Å². The molecular weight excluding hydrogens is 477 g/mol. The summed E-state index contributed by atoms with van der Waals surface area (Å²) >= 11 is 4.06. The van der Waals surface area contributed by atoms with E-state index >= 15 is 0 Å². The molecule has 1 spiro atoms. The van der Waals surface area contributed by atoms with Gasteiger partial charge in [0.25, 0.3) is 5.91 Å². The standard InChI is InChI=1S/C23H22F5N3O2S/c24-15-2-1-3-16(25)19(15)20(32)30-9-6-22(7-10-30)8-11-31(13-22)21(33)29-17-5-4-14(12-18(17)34)23(26,27)28/h1-5,12,34H,6-11,13H2,(H,29,33). The van der Waals surface area contributed by atoms with E-state index in [4.69, 9.17) is 0 Å². The molecule has 4 rings (SSSR count). The minimum absolute atomic E-state index is 0.00396. The van der Waals surface area contributed by atoms with Crippen molar-refractivity contribution in [2.24, 2.45) is 5.41 Å². The van der Waals surface area contributed by atoms with Crippen molar-refractivity contribution in [1.82, 2.24) is 9.80 Å². The minimum atomic E-state index is -4.50. The monoisotopic (exact) mass is 499 g/mol. The Balaban J connectivity index is 1.36. The summed E-state index contributed by atoms with van der Waals surface area (Å²) in [5.41, 5.74) is -1.47. The fourth-order valence-corrected chi connectivity index (χ4v) is 4.84. The number of rotatable bonds is 2. The molecule has 2 aromatic carbocycles. The highest BCUT2D eigenvalue weighted by Gasteiger charge is 2.43. The van der Waals surface area contributed by atoms with Crippen LogP contribution in [0.1, 0.15) is 35.2 Å². The van der Waals surface area contributed by atoms with Crippen LogP contribution < -0.4 is 5.32 Å². The average molecular weight is 500 g/mol. The molecule has 0 radical (unpaired) electrons. The first-order chi connectivity index (χ1) is 16.0. The Morgan fingerprint density at radius 3 is 2.09 bits per heavy atom. The van der Waals surface area contributed by atoms with Gasteiger partial charge in [0.1, 0.15) is 17.2 Å². The second-order valence-electron chi connectivity index (χ2n) is 8.72. The smallest absolute Gasteiger partial charge is 0.338 e. The lowest BCUT2D eigenvalue weighted by molar-refractivity contribution is -0.137. The number of hydrogen-bond acceptors (Lipinski definition) is 3. The van der Waals surface area contributed by atoms with Crippen molar-refractivity contribution in [2.75, 3.05) is 31.5 Å². The topological polar surface area (TPSA) is 52.7 Å². The van der Waals surface area contributed by atoms with Gasteiger partial charge >= 0.3 is 12.2 Å². The number of halogens is 5. The van der Waals surface area contributed by atoms with Gasteiger partial charge in [-0.2, -0.15) is 13.2 Å². The number of alkyl halides is 3. The molecule has 34 heavy (non-hydrogen) atoms. The first-order valence-electron chi connectivity index (χ1n) is 10.7. The molecule has 0 bridgehead atoms. The molecule has 0 saturated carbocycles. The minimum Gasteiger partial charge on any atom is -0.338 e. The number of thiol groups is 1. The number of piperidine rings is 1. The Morgan fingerprint density at radius 1 is 0.941 bits per heavy atom. The van der Waals surface area contributed by atoms with Crippen molar-refractivity contribution in [3.63, 3.8) is 0 Å². The molecule has 2 aliphatic rings. The van der Waals surface area contributed by atoms with Crippen LogP contribution in [-0.4, -0.2) is 47.9 Å². The largest absolute Gasteiger partial charge is 0.416 e. The third-order valence-electron chi connectivity index (χ3n) is 6.58. The second-order valence-corrected chi connectivity index (χ2v) is 9.20. The van der Waals surface area contributed by atoms with Crippen molar-refractivity contribution >= 4 is 30.3 Å². The third-order valence-corrected chi connectivity index (χ3v) is 6.95. The normalized spacial score (nSPS) is 17.8. The van der Waals surface area contributed by atoms with E-state index in [2.05, 4.69) is 17.9 Å². The SMILES string of the molecule is O=C(Nc1ccc(C(F)(F)F)cc1S)N1CCC2(CCN(C(=O)c3c(F)cccc3F)CC2)C1. The van der Waals surface area contributed by atoms with Crippen LogP contribution in [0.25, 0.3) is 0 Å². The van der Waals surface area contributed by atoms with Crippen molar-refractivity contribution in [2.45, 2.75) is 30.3 Å².